The predicted octanol–water partition coefficient (Wildman–Crippen LogP) is 2.73. The van der Waals surface area contributed by atoms with Crippen molar-refractivity contribution in [1.29, 1.82) is 0 Å². The Morgan fingerprint density at radius 2 is 1.67 bits per heavy atom. The number of thiol groups is 1. The van der Waals surface area contributed by atoms with Crippen LogP contribution in [0.15, 0.2) is 0 Å². The quantitative estimate of drug-likeness (QED) is 0.403. The fourth-order valence-corrected chi connectivity index (χ4v) is 4.05. The van der Waals surface area contributed by atoms with Gasteiger partial charge in [-0.3, -0.25) is 0 Å². The summed E-state index contributed by atoms with van der Waals surface area (Å²) in [7, 11) is 2.55. The summed E-state index contributed by atoms with van der Waals surface area (Å²) in [4.78, 5) is 0. The third-order valence-corrected chi connectivity index (χ3v) is 6.23. The average Bonchev–Trinajstić information content (AvgIpc) is 2.29. The van der Waals surface area contributed by atoms with Gasteiger partial charge in [0.25, 0.3) is 0 Å². The summed E-state index contributed by atoms with van der Waals surface area (Å²) in [5, 5.41) is 1.43. The Kier molecular flexibility index (Phi) is 9.57. The van der Waals surface area contributed by atoms with Crippen LogP contribution in [-0.4, -0.2) is 40.7 Å². The van der Waals surface area contributed by atoms with E-state index in [-0.39, 0.29) is 0 Å². The first-order valence-electron chi connectivity index (χ1n) is 5.03. The van der Waals surface area contributed by atoms with Crippen molar-refractivity contribution in [1.82, 2.24) is 0 Å². The molecule has 3 nitrogen and oxygen atoms in total. The highest BCUT2D eigenvalue weighted by atomic mass is 79.9. The van der Waals surface area contributed by atoms with Gasteiger partial charge in [0.15, 0.2) is 0 Å². The van der Waals surface area contributed by atoms with Gasteiger partial charge in [-0.15, -0.1) is 0 Å². The molecular formula is C9H21BrO3SSi. The fraction of sp³-hybridized carbons (Fsp3) is 1.00. The summed E-state index contributed by atoms with van der Waals surface area (Å²) in [5.74, 6) is 0. The number of alkyl halides is 1. The van der Waals surface area contributed by atoms with Crippen molar-refractivity contribution in [2.24, 2.45) is 0 Å². The van der Waals surface area contributed by atoms with Gasteiger partial charge in [-0.05, 0) is 19.3 Å². The molecule has 0 rings (SSSR count). The molecule has 0 aromatic carbocycles. The van der Waals surface area contributed by atoms with Gasteiger partial charge in [0, 0.05) is 38.0 Å². The second-order valence-corrected chi connectivity index (χ2v) is 7.93. The normalized spacial score (nSPS) is 14.2. The zero-order valence-corrected chi connectivity index (χ0v) is 13.1. The molecule has 0 amide bonds. The molecule has 1 atom stereocenters. The van der Waals surface area contributed by atoms with E-state index in [9.17, 15) is 0 Å². The Morgan fingerprint density at radius 1 is 1.13 bits per heavy atom. The average molecular weight is 317 g/mol. The van der Waals surface area contributed by atoms with Crippen LogP contribution in [-0.2, 0) is 13.3 Å². The molecule has 1 unspecified atom stereocenters. The maximum Gasteiger partial charge on any atom is 0.500 e. The molecule has 0 aromatic rings. The van der Waals surface area contributed by atoms with Gasteiger partial charge in [-0.1, -0.05) is 15.9 Å². The van der Waals surface area contributed by atoms with Gasteiger partial charge >= 0.3 is 8.80 Å². The van der Waals surface area contributed by atoms with Crippen LogP contribution in [0, 0.1) is 0 Å². The molecule has 15 heavy (non-hydrogen) atoms. The van der Waals surface area contributed by atoms with Crippen molar-refractivity contribution in [2.45, 2.75) is 30.6 Å². The largest absolute Gasteiger partial charge is 0.500 e. The summed E-state index contributed by atoms with van der Waals surface area (Å²) in [5.41, 5.74) is 0. The number of rotatable bonds is 9. The second-order valence-electron chi connectivity index (χ2n) is 3.32. The Morgan fingerprint density at radius 3 is 2.07 bits per heavy atom. The highest BCUT2D eigenvalue weighted by molar-refractivity contribution is 9.09. The highest BCUT2D eigenvalue weighted by Gasteiger charge is 2.37. The molecule has 0 bridgehead atoms. The van der Waals surface area contributed by atoms with E-state index in [0.29, 0.717) is 5.25 Å². The molecule has 0 fully saturated rings. The van der Waals surface area contributed by atoms with Gasteiger partial charge in [-0.25, -0.2) is 0 Å². The number of halogens is 1. The van der Waals surface area contributed by atoms with Gasteiger partial charge < -0.3 is 13.3 Å². The van der Waals surface area contributed by atoms with Crippen molar-refractivity contribution < 1.29 is 13.3 Å². The maximum absolute atomic E-state index is 5.34. The highest BCUT2D eigenvalue weighted by Crippen LogP contribution is 2.20. The van der Waals surface area contributed by atoms with Crippen LogP contribution in [0.3, 0.4) is 0 Å². The van der Waals surface area contributed by atoms with Crippen LogP contribution in [0.1, 0.15) is 19.3 Å². The van der Waals surface area contributed by atoms with Crippen LogP contribution in [0.4, 0.5) is 0 Å². The van der Waals surface area contributed by atoms with Crippen molar-refractivity contribution in [3.63, 3.8) is 0 Å². The van der Waals surface area contributed by atoms with E-state index in [2.05, 4.69) is 28.6 Å². The van der Waals surface area contributed by atoms with E-state index in [1.54, 1.807) is 21.3 Å². The summed E-state index contributed by atoms with van der Waals surface area (Å²) >= 11 is 7.94. The van der Waals surface area contributed by atoms with Crippen molar-refractivity contribution in [3.05, 3.63) is 0 Å². The monoisotopic (exact) mass is 316 g/mol. The third-order valence-electron chi connectivity index (χ3n) is 2.39. The second kappa shape index (κ2) is 9.01. The molecule has 92 valence electrons. The Hall–Kier alpha value is 0.927. The van der Waals surface area contributed by atoms with Crippen LogP contribution in [0.5, 0.6) is 0 Å². The SMILES string of the molecule is CO[Si](CCC(S)CCCBr)(OC)OC. The number of hydrogen-bond acceptors (Lipinski definition) is 4. The van der Waals surface area contributed by atoms with Crippen LogP contribution in [0.25, 0.3) is 0 Å². The molecule has 0 aliphatic carbocycles. The number of hydrogen-bond donors (Lipinski definition) is 1. The Balaban J connectivity index is 3.88. The zero-order valence-electron chi connectivity index (χ0n) is 9.66. The van der Waals surface area contributed by atoms with Crippen LogP contribution in [0.2, 0.25) is 6.04 Å². The standard InChI is InChI=1S/C9H21BrO3SSi/c1-11-15(12-2,13-3)8-6-9(14)5-4-7-10/h9,14H,4-8H2,1-3H3. The molecule has 0 aliphatic heterocycles. The minimum absolute atomic E-state index is 0.398. The maximum atomic E-state index is 5.34. The van der Waals surface area contributed by atoms with Crippen molar-refractivity contribution in [2.75, 3.05) is 26.7 Å². The first kappa shape index (κ1) is 15.9. The van der Waals surface area contributed by atoms with E-state index in [1.807, 2.05) is 0 Å². The molecular weight excluding hydrogens is 296 g/mol. The molecule has 0 N–H and O–H groups in total. The lowest BCUT2D eigenvalue weighted by Gasteiger charge is -2.25. The first-order chi connectivity index (χ1) is 7.14. The third kappa shape index (κ3) is 6.28. The predicted molar refractivity (Wildman–Crippen MR) is 72.0 cm³/mol. The van der Waals surface area contributed by atoms with E-state index < -0.39 is 8.80 Å². The lowest BCUT2D eigenvalue weighted by Crippen LogP contribution is -2.43. The van der Waals surface area contributed by atoms with Crippen molar-refractivity contribution >= 4 is 37.4 Å². The minimum Gasteiger partial charge on any atom is -0.377 e. The minimum atomic E-state index is -2.38. The molecule has 0 heterocycles. The summed E-state index contributed by atoms with van der Waals surface area (Å²) in [6, 6.07) is 0.826. The van der Waals surface area contributed by atoms with Gasteiger partial charge in [-0.2, -0.15) is 12.6 Å². The Labute approximate surface area is 108 Å². The fourth-order valence-electron chi connectivity index (χ4n) is 1.36. The van der Waals surface area contributed by atoms with Crippen LogP contribution >= 0.6 is 28.6 Å². The molecule has 0 radical (unpaired) electrons. The van der Waals surface area contributed by atoms with Gasteiger partial charge in [0.2, 0.25) is 0 Å². The first-order valence-corrected chi connectivity index (χ1v) is 8.60. The van der Waals surface area contributed by atoms with E-state index in [1.165, 1.54) is 0 Å². The summed E-state index contributed by atoms with van der Waals surface area (Å²) in [6.07, 6.45) is 3.23. The molecule has 6 heteroatoms. The Bertz CT molecular complexity index is 150. The van der Waals surface area contributed by atoms with E-state index in [0.717, 1.165) is 30.6 Å². The molecule has 0 saturated heterocycles. The summed E-state index contributed by atoms with van der Waals surface area (Å²) in [6.45, 7) is 0. The van der Waals surface area contributed by atoms with Crippen LogP contribution < -0.4 is 0 Å². The lowest BCUT2D eigenvalue weighted by molar-refractivity contribution is 0.123. The smallest absolute Gasteiger partial charge is 0.377 e. The van der Waals surface area contributed by atoms with E-state index >= 15 is 0 Å². The lowest BCUT2D eigenvalue weighted by atomic mass is 10.2. The topological polar surface area (TPSA) is 27.7 Å². The van der Waals surface area contributed by atoms with Gasteiger partial charge in [0.1, 0.15) is 0 Å². The zero-order chi connectivity index (χ0) is 11.7. The molecule has 0 spiro atoms. The molecule has 0 aromatic heterocycles. The van der Waals surface area contributed by atoms with Gasteiger partial charge in [0.05, 0.1) is 0 Å². The molecule has 0 saturated carbocycles. The molecule has 0 aliphatic rings. The summed E-state index contributed by atoms with van der Waals surface area (Å²) < 4.78 is 16.0. The van der Waals surface area contributed by atoms with E-state index in [4.69, 9.17) is 13.3 Å². The van der Waals surface area contributed by atoms with Crippen molar-refractivity contribution in [3.8, 4) is 0 Å².